The van der Waals surface area contributed by atoms with Gasteiger partial charge in [-0.2, -0.15) is 0 Å². The average Bonchev–Trinajstić information content (AvgIpc) is 2.26. The second-order valence-electron chi connectivity index (χ2n) is 6.34. The van der Waals surface area contributed by atoms with Crippen molar-refractivity contribution in [1.82, 2.24) is 4.98 Å². The van der Waals surface area contributed by atoms with E-state index < -0.39 is 0 Å². The van der Waals surface area contributed by atoms with Crippen molar-refractivity contribution in [1.29, 1.82) is 5.41 Å². The first-order valence-corrected chi connectivity index (χ1v) is 6.88. The summed E-state index contributed by atoms with van der Waals surface area (Å²) in [6.45, 7) is 10.6. The van der Waals surface area contributed by atoms with Crippen LogP contribution in [0.25, 0.3) is 0 Å². The Balaban J connectivity index is 2.37. The normalized spacial score (nSPS) is 18.4. The molecule has 0 aromatic carbocycles. The van der Waals surface area contributed by atoms with Gasteiger partial charge in [0, 0.05) is 18.8 Å². The molecule has 0 bridgehead atoms. The first kappa shape index (κ1) is 13.8. The summed E-state index contributed by atoms with van der Waals surface area (Å²) >= 11 is 0. The second-order valence-corrected chi connectivity index (χ2v) is 6.34. The molecular formula is C15H24N4. The van der Waals surface area contributed by atoms with E-state index >= 15 is 0 Å². The molecule has 1 fully saturated rings. The van der Waals surface area contributed by atoms with Gasteiger partial charge in [-0.1, -0.05) is 13.8 Å². The molecule has 4 heteroatoms. The van der Waals surface area contributed by atoms with Crippen LogP contribution in [0.4, 0.5) is 5.82 Å². The predicted octanol–water partition coefficient (Wildman–Crippen LogP) is 2.61. The molecule has 0 spiro atoms. The van der Waals surface area contributed by atoms with Crippen LogP contribution >= 0.6 is 0 Å². The van der Waals surface area contributed by atoms with Crippen LogP contribution in [-0.2, 0) is 0 Å². The summed E-state index contributed by atoms with van der Waals surface area (Å²) in [5.41, 5.74) is 8.98. The Labute approximate surface area is 115 Å². The highest BCUT2D eigenvalue weighted by Gasteiger charge is 2.28. The molecule has 2 heterocycles. The van der Waals surface area contributed by atoms with Crippen LogP contribution in [0.1, 0.15) is 43.5 Å². The fraction of sp³-hybridized carbons (Fsp3) is 0.600. The highest BCUT2D eigenvalue weighted by Crippen LogP contribution is 2.33. The summed E-state index contributed by atoms with van der Waals surface area (Å²) in [5.74, 6) is 1.00. The maximum atomic E-state index is 7.80. The molecule has 4 nitrogen and oxygen atoms in total. The molecule has 1 saturated heterocycles. The summed E-state index contributed by atoms with van der Waals surface area (Å²) in [7, 11) is 0. The molecule has 0 radical (unpaired) electrons. The zero-order valence-electron chi connectivity index (χ0n) is 12.4. The van der Waals surface area contributed by atoms with Gasteiger partial charge in [0.05, 0.1) is 5.56 Å². The standard InChI is InChI=1S/C15H24N4/c1-10-9-11(2)18-14(12(10)13(16)17)19-7-5-15(3,4)6-8-19/h9H,5-8H2,1-4H3,(H3,16,17). The average molecular weight is 260 g/mol. The molecule has 1 aromatic rings. The Kier molecular flexibility index (Phi) is 3.52. The van der Waals surface area contributed by atoms with Gasteiger partial charge in [-0.25, -0.2) is 4.98 Å². The number of anilines is 1. The third-order valence-electron chi connectivity index (χ3n) is 4.01. The van der Waals surface area contributed by atoms with Gasteiger partial charge in [-0.3, -0.25) is 5.41 Å². The molecule has 0 amide bonds. The van der Waals surface area contributed by atoms with Crippen LogP contribution in [0.5, 0.6) is 0 Å². The molecular weight excluding hydrogens is 236 g/mol. The number of nitrogens with one attached hydrogen (secondary N) is 1. The minimum Gasteiger partial charge on any atom is -0.384 e. The van der Waals surface area contributed by atoms with E-state index in [-0.39, 0.29) is 5.84 Å². The van der Waals surface area contributed by atoms with Gasteiger partial charge in [0.1, 0.15) is 11.7 Å². The zero-order chi connectivity index (χ0) is 14.2. The Morgan fingerprint density at radius 3 is 2.42 bits per heavy atom. The Bertz CT molecular complexity index is 495. The lowest BCUT2D eigenvalue weighted by Crippen LogP contribution is -2.39. The number of hydrogen-bond donors (Lipinski definition) is 2. The summed E-state index contributed by atoms with van der Waals surface area (Å²) in [5, 5.41) is 7.80. The lowest BCUT2D eigenvalue weighted by atomic mass is 9.82. The van der Waals surface area contributed by atoms with E-state index in [4.69, 9.17) is 11.1 Å². The van der Waals surface area contributed by atoms with E-state index in [2.05, 4.69) is 23.7 Å². The van der Waals surface area contributed by atoms with E-state index in [0.717, 1.165) is 48.6 Å². The van der Waals surface area contributed by atoms with Gasteiger partial charge in [0.2, 0.25) is 0 Å². The summed E-state index contributed by atoms with van der Waals surface area (Å²) in [6.07, 6.45) is 2.30. The maximum absolute atomic E-state index is 7.80. The van der Waals surface area contributed by atoms with Crippen molar-refractivity contribution in [2.45, 2.75) is 40.5 Å². The lowest BCUT2D eigenvalue weighted by molar-refractivity contribution is 0.279. The molecule has 0 aliphatic carbocycles. The highest BCUT2D eigenvalue weighted by atomic mass is 15.2. The fourth-order valence-corrected chi connectivity index (χ4v) is 2.70. The number of amidine groups is 1. The van der Waals surface area contributed by atoms with E-state index in [9.17, 15) is 0 Å². The highest BCUT2D eigenvalue weighted by molar-refractivity contribution is 6.01. The van der Waals surface area contributed by atoms with Crippen molar-refractivity contribution in [3.8, 4) is 0 Å². The molecule has 1 aliphatic heterocycles. The van der Waals surface area contributed by atoms with Gasteiger partial charge < -0.3 is 10.6 Å². The van der Waals surface area contributed by atoms with Gasteiger partial charge in [0.15, 0.2) is 0 Å². The Morgan fingerprint density at radius 1 is 1.32 bits per heavy atom. The summed E-state index contributed by atoms with van der Waals surface area (Å²) in [6, 6.07) is 1.99. The predicted molar refractivity (Wildman–Crippen MR) is 80.0 cm³/mol. The second kappa shape index (κ2) is 4.83. The smallest absolute Gasteiger partial charge is 0.140 e. The molecule has 104 valence electrons. The van der Waals surface area contributed by atoms with Crippen molar-refractivity contribution in [2.75, 3.05) is 18.0 Å². The first-order chi connectivity index (χ1) is 8.80. The van der Waals surface area contributed by atoms with Crippen LogP contribution < -0.4 is 10.6 Å². The largest absolute Gasteiger partial charge is 0.384 e. The number of rotatable bonds is 2. The molecule has 0 atom stereocenters. The van der Waals surface area contributed by atoms with Gasteiger partial charge >= 0.3 is 0 Å². The number of aryl methyl sites for hydroxylation is 2. The van der Waals surface area contributed by atoms with E-state index in [1.807, 2.05) is 19.9 Å². The van der Waals surface area contributed by atoms with Crippen LogP contribution in [0.3, 0.4) is 0 Å². The number of pyridine rings is 1. The number of hydrogen-bond acceptors (Lipinski definition) is 3. The number of nitrogens with two attached hydrogens (primary N) is 1. The number of aromatic nitrogens is 1. The number of piperidine rings is 1. The SMILES string of the molecule is Cc1cc(C)c(C(=N)N)c(N2CCC(C)(C)CC2)n1. The quantitative estimate of drug-likeness (QED) is 0.634. The fourth-order valence-electron chi connectivity index (χ4n) is 2.70. The van der Waals surface area contributed by atoms with Crippen molar-refractivity contribution in [2.24, 2.45) is 11.1 Å². The third kappa shape index (κ3) is 2.88. The minimum absolute atomic E-state index is 0.116. The van der Waals surface area contributed by atoms with Crippen molar-refractivity contribution < 1.29 is 0 Å². The summed E-state index contributed by atoms with van der Waals surface area (Å²) in [4.78, 5) is 6.91. The monoisotopic (exact) mass is 260 g/mol. The molecule has 1 aliphatic rings. The van der Waals surface area contributed by atoms with Crippen LogP contribution in [0.2, 0.25) is 0 Å². The Morgan fingerprint density at radius 2 is 1.89 bits per heavy atom. The molecule has 3 N–H and O–H groups in total. The van der Waals surface area contributed by atoms with E-state index in [1.165, 1.54) is 0 Å². The summed E-state index contributed by atoms with van der Waals surface area (Å²) < 4.78 is 0. The van der Waals surface area contributed by atoms with Gasteiger partial charge in [-0.15, -0.1) is 0 Å². The van der Waals surface area contributed by atoms with Crippen LogP contribution in [-0.4, -0.2) is 23.9 Å². The molecule has 19 heavy (non-hydrogen) atoms. The Hall–Kier alpha value is -1.58. The molecule has 0 unspecified atom stereocenters. The van der Waals surface area contributed by atoms with Crippen molar-refractivity contribution in [3.63, 3.8) is 0 Å². The van der Waals surface area contributed by atoms with Crippen LogP contribution in [0.15, 0.2) is 6.07 Å². The van der Waals surface area contributed by atoms with E-state index in [0.29, 0.717) is 5.41 Å². The van der Waals surface area contributed by atoms with Crippen molar-refractivity contribution >= 4 is 11.7 Å². The van der Waals surface area contributed by atoms with Gasteiger partial charge in [0.25, 0.3) is 0 Å². The molecule has 1 aromatic heterocycles. The number of nitrogen functional groups attached to an aromatic ring is 1. The van der Waals surface area contributed by atoms with Crippen LogP contribution in [0, 0.1) is 24.7 Å². The van der Waals surface area contributed by atoms with Gasteiger partial charge in [-0.05, 0) is 43.7 Å². The minimum atomic E-state index is 0.116. The zero-order valence-corrected chi connectivity index (χ0v) is 12.4. The first-order valence-electron chi connectivity index (χ1n) is 6.88. The topological polar surface area (TPSA) is 66.0 Å². The lowest BCUT2D eigenvalue weighted by Gasteiger charge is -2.38. The molecule has 0 saturated carbocycles. The third-order valence-corrected chi connectivity index (χ3v) is 4.01. The van der Waals surface area contributed by atoms with E-state index in [1.54, 1.807) is 0 Å². The molecule has 2 rings (SSSR count). The van der Waals surface area contributed by atoms with Crippen molar-refractivity contribution in [3.05, 3.63) is 22.9 Å². The number of nitrogens with zero attached hydrogens (tertiary/aromatic N) is 2. The maximum Gasteiger partial charge on any atom is 0.140 e.